The lowest BCUT2D eigenvalue weighted by Crippen LogP contribution is -2.40. The highest BCUT2D eigenvalue weighted by Crippen LogP contribution is 2.23. The minimum Gasteiger partial charge on any atom is -0.491 e. The van der Waals surface area contributed by atoms with Crippen LogP contribution in [0, 0.1) is 0 Å². The summed E-state index contributed by atoms with van der Waals surface area (Å²) in [6, 6.07) is 8.68. The predicted molar refractivity (Wildman–Crippen MR) is 103 cm³/mol. The maximum Gasteiger partial charge on any atom is 0.124 e. The molecular formula is C21H34N2O3. The van der Waals surface area contributed by atoms with Crippen LogP contribution in [-0.4, -0.2) is 60.6 Å². The lowest BCUT2D eigenvalue weighted by Gasteiger charge is -2.32. The van der Waals surface area contributed by atoms with E-state index in [0.717, 1.165) is 37.4 Å². The monoisotopic (exact) mass is 362 g/mol. The molecule has 1 atom stereocenters. The predicted octanol–water partition coefficient (Wildman–Crippen LogP) is 3.22. The van der Waals surface area contributed by atoms with Crippen molar-refractivity contribution in [3.05, 3.63) is 29.8 Å². The second-order valence-corrected chi connectivity index (χ2v) is 7.71. The molecule has 2 aliphatic rings. The first-order valence-electron chi connectivity index (χ1n) is 10.2. The van der Waals surface area contributed by atoms with Gasteiger partial charge in [-0.15, -0.1) is 0 Å². The van der Waals surface area contributed by atoms with E-state index in [0.29, 0.717) is 19.2 Å². The molecule has 2 fully saturated rings. The van der Waals surface area contributed by atoms with Crippen LogP contribution in [-0.2, 0) is 11.4 Å². The summed E-state index contributed by atoms with van der Waals surface area (Å²) in [6.07, 6.45) is 8.33. The van der Waals surface area contributed by atoms with E-state index in [1.54, 1.807) is 0 Å². The third kappa shape index (κ3) is 5.95. The summed E-state index contributed by atoms with van der Waals surface area (Å²) in [7, 11) is 2.13. The molecule has 1 heterocycles. The Morgan fingerprint density at radius 1 is 1.19 bits per heavy atom. The molecule has 0 radical (unpaired) electrons. The molecule has 1 saturated heterocycles. The Morgan fingerprint density at radius 2 is 2.00 bits per heavy atom. The highest BCUT2D eigenvalue weighted by molar-refractivity contribution is 5.33. The van der Waals surface area contributed by atoms with Crippen LogP contribution >= 0.6 is 0 Å². The Labute approximate surface area is 157 Å². The van der Waals surface area contributed by atoms with Gasteiger partial charge in [-0.05, 0) is 38.8 Å². The Bertz CT molecular complexity index is 528. The Balaban J connectivity index is 1.47. The number of para-hydroxylation sites is 1. The van der Waals surface area contributed by atoms with Gasteiger partial charge in [-0.3, -0.25) is 4.84 Å². The Morgan fingerprint density at radius 3 is 2.77 bits per heavy atom. The Kier molecular flexibility index (Phi) is 7.74. The van der Waals surface area contributed by atoms with Crippen molar-refractivity contribution >= 4 is 0 Å². The summed E-state index contributed by atoms with van der Waals surface area (Å²) in [5, 5.41) is 12.4. The number of nitrogens with zero attached hydrogens (tertiary/aromatic N) is 2. The standard InChI is InChI=1S/C21H34N2O3/c1-22(19-10-3-2-4-11-19)16-20(24)17-25-21-12-6-5-9-18(21)15-23-13-7-8-14-26-23/h5-6,9,12,19-20,24H,2-4,7-8,10-11,13-17H2,1H3. The minimum atomic E-state index is -0.471. The fraction of sp³-hybridized carbons (Fsp3) is 0.714. The van der Waals surface area contributed by atoms with Crippen LogP contribution in [0.3, 0.4) is 0 Å². The molecule has 0 aromatic heterocycles. The molecule has 1 aliphatic heterocycles. The van der Waals surface area contributed by atoms with Crippen LogP contribution in [0.5, 0.6) is 5.75 Å². The maximum absolute atomic E-state index is 10.4. The normalized spacial score (nSPS) is 21.0. The van der Waals surface area contributed by atoms with E-state index < -0.39 is 6.10 Å². The first kappa shape index (κ1) is 19.6. The number of aliphatic hydroxyl groups excluding tert-OH is 1. The molecule has 0 bridgehead atoms. The fourth-order valence-electron chi connectivity index (χ4n) is 3.98. The molecule has 1 saturated carbocycles. The van der Waals surface area contributed by atoms with Gasteiger partial charge in [-0.1, -0.05) is 37.5 Å². The second kappa shape index (κ2) is 10.3. The van der Waals surface area contributed by atoms with Crippen molar-refractivity contribution in [2.24, 2.45) is 0 Å². The van der Waals surface area contributed by atoms with Crippen LogP contribution in [0.1, 0.15) is 50.5 Å². The van der Waals surface area contributed by atoms with Gasteiger partial charge in [-0.2, -0.15) is 5.06 Å². The summed E-state index contributed by atoms with van der Waals surface area (Å²) in [6.45, 7) is 3.49. The van der Waals surface area contributed by atoms with Crippen LogP contribution in [0.4, 0.5) is 0 Å². The lowest BCUT2D eigenvalue weighted by atomic mass is 9.94. The van der Waals surface area contributed by atoms with Gasteiger partial charge in [0.2, 0.25) is 0 Å². The molecular weight excluding hydrogens is 328 g/mol. The zero-order valence-corrected chi connectivity index (χ0v) is 16.1. The van der Waals surface area contributed by atoms with E-state index in [2.05, 4.69) is 18.0 Å². The first-order chi connectivity index (χ1) is 12.7. The summed E-state index contributed by atoms with van der Waals surface area (Å²) in [4.78, 5) is 8.01. The lowest BCUT2D eigenvalue weighted by molar-refractivity contribution is -0.187. The zero-order chi connectivity index (χ0) is 18.2. The van der Waals surface area contributed by atoms with E-state index in [-0.39, 0.29) is 0 Å². The summed E-state index contributed by atoms with van der Waals surface area (Å²) < 4.78 is 5.97. The number of aliphatic hydroxyl groups is 1. The molecule has 3 rings (SSSR count). The SMILES string of the molecule is CN(CC(O)COc1ccccc1CN1CCCCO1)C1CCCCC1. The van der Waals surface area contributed by atoms with Crippen molar-refractivity contribution in [3.8, 4) is 5.75 Å². The van der Waals surface area contributed by atoms with Crippen molar-refractivity contribution in [2.45, 2.75) is 63.6 Å². The molecule has 1 aromatic carbocycles. The molecule has 1 unspecified atom stereocenters. The number of hydroxylamine groups is 2. The maximum atomic E-state index is 10.4. The second-order valence-electron chi connectivity index (χ2n) is 7.71. The topological polar surface area (TPSA) is 45.2 Å². The van der Waals surface area contributed by atoms with Crippen LogP contribution < -0.4 is 4.74 Å². The number of hydrogen-bond acceptors (Lipinski definition) is 5. The quantitative estimate of drug-likeness (QED) is 0.769. The van der Waals surface area contributed by atoms with Crippen LogP contribution in [0.15, 0.2) is 24.3 Å². The van der Waals surface area contributed by atoms with E-state index in [4.69, 9.17) is 9.57 Å². The third-order valence-electron chi connectivity index (χ3n) is 5.52. The Hall–Kier alpha value is -1.14. The van der Waals surface area contributed by atoms with Crippen LogP contribution in [0.2, 0.25) is 0 Å². The van der Waals surface area contributed by atoms with Gasteiger partial charge in [0.25, 0.3) is 0 Å². The highest BCUT2D eigenvalue weighted by atomic mass is 16.7. The van der Waals surface area contributed by atoms with Gasteiger partial charge in [0.1, 0.15) is 18.5 Å². The minimum absolute atomic E-state index is 0.328. The average Bonchev–Trinajstić information content (AvgIpc) is 2.69. The number of rotatable bonds is 8. The molecule has 0 spiro atoms. The van der Waals surface area contributed by atoms with Crippen molar-refractivity contribution < 1.29 is 14.7 Å². The van der Waals surface area contributed by atoms with Gasteiger partial charge in [-0.25, -0.2) is 0 Å². The van der Waals surface area contributed by atoms with Gasteiger partial charge < -0.3 is 14.7 Å². The number of benzene rings is 1. The molecule has 26 heavy (non-hydrogen) atoms. The van der Waals surface area contributed by atoms with E-state index >= 15 is 0 Å². The van der Waals surface area contributed by atoms with E-state index in [1.165, 1.54) is 38.5 Å². The summed E-state index contributed by atoms with van der Waals surface area (Å²) in [5.74, 6) is 0.848. The fourth-order valence-corrected chi connectivity index (χ4v) is 3.98. The zero-order valence-electron chi connectivity index (χ0n) is 16.1. The van der Waals surface area contributed by atoms with E-state index in [9.17, 15) is 5.11 Å². The average molecular weight is 363 g/mol. The van der Waals surface area contributed by atoms with Crippen LogP contribution in [0.25, 0.3) is 0 Å². The van der Waals surface area contributed by atoms with Crippen molar-refractivity contribution in [2.75, 3.05) is 33.4 Å². The van der Waals surface area contributed by atoms with Gasteiger partial charge >= 0.3 is 0 Å². The molecule has 1 aromatic rings. The molecule has 1 aliphatic carbocycles. The number of likely N-dealkylation sites (N-methyl/N-ethyl adjacent to an activating group) is 1. The third-order valence-corrected chi connectivity index (χ3v) is 5.52. The van der Waals surface area contributed by atoms with Gasteiger partial charge in [0.15, 0.2) is 0 Å². The highest BCUT2D eigenvalue weighted by Gasteiger charge is 2.20. The van der Waals surface area contributed by atoms with Gasteiger partial charge in [0.05, 0.1) is 13.2 Å². The van der Waals surface area contributed by atoms with Crippen molar-refractivity contribution in [1.82, 2.24) is 9.96 Å². The van der Waals surface area contributed by atoms with Gasteiger partial charge in [0, 0.05) is 24.7 Å². The molecule has 1 N–H and O–H groups in total. The molecule has 5 heteroatoms. The van der Waals surface area contributed by atoms with Crippen molar-refractivity contribution in [1.29, 1.82) is 0 Å². The summed E-state index contributed by atoms with van der Waals surface area (Å²) in [5.41, 5.74) is 1.11. The number of hydrogen-bond donors (Lipinski definition) is 1. The summed E-state index contributed by atoms with van der Waals surface area (Å²) >= 11 is 0. The van der Waals surface area contributed by atoms with Crippen molar-refractivity contribution in [3.63, 3.8) is 0 Å². The molecule has 146 valence electrons. The molecule has 0 amide bonds. The molecule has 5 nitrogen and oxygen atoms in total. The smallest absolute Gasteiger partial charge is 0.124 e. The van der Waals surface area contributed by atoms with E-state index in [1.807, 2.05) is 23.3 Å². The number of ether oxygens (including phenoxy) is 1. The first-order valence-corrected chi connectivity index (χ1v) is 10.2. The largest absolute Gasteiger partial charge is 0.491 e.